The summed E-state index contributed by atoms with van der Waals surface area (Å²) in [6.45, 7) is 1.48. The number of carbonyl (C=O) groups is 2. The van der Waals surface area contributed by atoms with E-state index < -0.39 is 22.9 Å². The fourth-order valence-electron chi connectivity index (χ4n) is 3.65. The van der Waals surface area contributed by atoms with Crippen LogP contribution in [0.3, 0.4) is 0 Å². The highest BCUT2D eigenvalue weighted by Crippen LogP contribution is 2.54. The second-order valence-corrected chi connectivity index (χ2v) is 9.40. The van der Waals surface area contributed by atoms with E-state index in [1.807, 2.05) is 30.5 Å². The summed E-state index contributed by atoms with van der Waals surface area (Å²) < 4.78 is 5.47. The van der Waals surface area contributed by atoms with Crippen LogP contribution in [0.25, 0.3) is 4.91 Å². The van der Waals surface area contributed by atoms with Crippen molar-refractivity contribution in [3.8, 4) is 0 Å². The number of nitro groups is 1. The molecule has 0 radical (unpaired) electrons. The van der Waals surface area contributed by atoms with Gasteiger partial charge in [-0.3, -0.25) is 19.8 Å². The van der Waals surface area contributed by atoms with Crippen LogP contribution in [0.4, 0.5) is 5.69 Å². The number of aliphatic hydroxyl groups excluding tert-OH is 1. The first-order valence-electron chi connectivity index (χ1n) is 9.78. The van der Waals surface area contributed by atoms with Gasteiger partial charge in [0, 0.05) is 21.9 Å². The van der Waals surface area contributed by atoms with Crippen LogP contribution in [-0.2, 0) is 20.9 Å². The third-order valence-electron chi connectivity index (χ3n) is 5.36. The van der Waals surface area contributed by atoms with E-state index in [9.17, 15) is 24.8 Å². The highest BCUT2D eigenvalue weighted by molar-refractivity contribution is 8.09. The number of esters is 1. The Balaban J connectivity index is 1.59. The van der Waals surface area contributed by atoms with Crippen LogP contribution in [-0.4, -0.2) is 44.5 Å². The Hall–Kier alpha value is -2.82. The molecule has 0 spiro atoms. The van der Waals surface area contributed by atoms with Crippen molar-refractivity contribution in [1.29, 1.82) is 0 Å². The van der Waals surface area contributed by atoms with E-state index >= 15 is 0 Å². The minimum absolute atomic E-state index is 0.0517. The summed E-state index contributed by atoms with van der Waals surface area (Å²) in [6, 6.07) is 13.4. The first-order chi connectivity index (χ1) is 15.3. The SMILES string of the molecule is CSc1ccc(C2=C(C(=O)OCc3ccc([N+](=O)[O-])cc3)N3C(=O)[C@H]([C@@H](C)O)[C@H]3S2)cc1. The molecule has 1 fully saturated rings. The van der Waals surface area contributed by atoms with E-state index in [1.165, 1.54) is 40.9 Å². The largest absolute Gasteiger partial charge is 0.456 e. The van der Waals surface area contributed by atoms with Crippen molar-refractivity contribution in [2.24, 2.45) is 5.92 Å². The number of aliphatic hydroxyl groups is 1. The Kier molecular flexibility index (Phi) is 6.27. The molecular formula is C22H20N2O6S2. The zero-order chi connectivity index (χ0) is 23.0. The van der Waals surface area contributed by atoms with Gasteiger partial charge >= 0.3 is 5.97 Å². The van der Waals surface area contributed by atoms with E-state index in [0.29, 0.717) is 10.5 Å². The molecular weight excluding hydrogens is 452 g/mol. The molecule has 32 heavy (non-hydrogen) atoms. The monoisotopic (exact) mass is 472 g/mol. The standard InChI is InChI=1S/C22H20N2O6S2/c1-12(25)17-20(26)23-18(19(32-21(17)23)14-5-9-16(31-2)10-6-14)22(27)30-11-13-3-7-15(8-4-13)24(28)29/h3-10,12,17,21,25H,11H2,1-2H3/t12-,17+,21-/m1/s1. The third kappa shape index (κ3) is 4.01. The van der Waals surface area contributed by atoms with Crippen LogP contribution < -0.4 is 0 Å². The van der Waals surface area contributed by atoms with Crippen molar-refractivity contribution in [2.45, 2.75) is 29.9 Å². The van der Waals surface area contributed by atoms with Crippen LogP contribution in [0.2, 0.25) is 0 Å². The van der Waals surface area contributed by atoms with Gasteiger partial charge < -0.3 is 9.84 Å². The number of β-lactam (4-membered cyclic amide) rings is 1. The molecule has 166 valence electrons. The summed E-state index contributed by atoms with van der Waals surface area (Å²) in [5.41, 5.74) is 1.50. The maximum absolute atomic E-state index is 13.1. The van der Waals surface area contributed by atoms with Gasteiger partial charge in [0.2, 0.25) is 5.91 Å². The summed E-state index contributed by atoms with van der Waals surface area (Å²) in [5.74, 6) is -1.55. The molecule has 8 nitrogen and oxygen atoms in total. The molecule has 10 heteroatoms. The van der Waals surface area contributed by atoms with Crippen molar-refractivity contribution < 1.29 is 24.4 Å². The molecule has 1 N–H and O–H groups in total. The quantitative estimate of drug-likeness (QED) is 0.214. The number of nitrogens with zero attached hydrogens (tertiary/aromatic N) is 2. The summed E-state index contributed by atoms with van der Waals surface area (Å²) >= 11 is 2.97. The molecule has 0 saturated carbocycles. The zero-order valence-corrected chi connectivity index (χ0v) is 18.9. The molecule has 2 aliphatic rings. The number of benzene rings is 2. The van der Waals surface area contributed by atoms with Gasteiger partial charge in [0.05, 0.1) is 16.9 Å². The maximum Gasteiger partial charge on any atom is 0.356 e. The number of nitro benzene ring substituents is 1. The van der Waals surface area contributed by atoms with Crippen LogP contribution in [0.15, 0.2) is 59.1 Å². The summed E-state index contributed by atoms with van der Waals surface area (Å²) in [7, 11) is 0. The summed E-state index contributed by atoms with van der Waals surface area (Å²) in [4.78, 5) is 39.1. The molecule has 0 bridgehead atoms. The van der Waals surface area contributed by atoms with Gasteiger partial charge in [-0.05, 0) is 48.6 Å². The lowest BCUT2D eigenvalue weighted by Gasteiger charge is -2.43. The van der Waals surface area contributed by atoms with Gasteiger partial charge in [0.25, 0.3) is 5.69 Å². The number of hydrogen-bond donors (Lipinski definition) is 1. The fraction of sp³-hybridized carbons (Fsp3) is 0.273. The first-order valence-corrected chi connectivity index (χ1v) is 11.9. The average molecular weight is 473 g/mol. The molecule has 2 aromatic carbocycles. The Morgan fingerprint density at radius 2 is 1.91 bits per heavy atom. The van der Waals surface area contributed by atoms with E-state index in [4.69, 9.17) is 4.74 Å². The number of hydrogen-bond acceptors (Lipinski definition) is 8. The van der Waals surface area contributed by atoms with Crippen LogP contribution in [0.1, 0.15) is 18.1 Å². The second-order valence-electron chi connectivity index (χ2n) is 7.39. The number of rotatable bonds is 7. The molecule has 1 saturated heterocycles. The Morgan fingerprint density at radius 3 is 2.47 bits per heavy atom. The molecule has 2 heterocycles. The van der Waals surface area contributed by atoms with Crippen molar-refractivity contribution >= 4 is 46.0 Å². The second kappa shape index (κ2) is 8.97. The molecule has 4 rings (SSSR count). The minimum Gasteiger partial charge on any atom is -0.456 e. The zero-order valence-electron chi connectivity index (χ0n) is 17.3. The van der Waals surface area contributed by atoms with Crippen molar-refractivity contribution in [3.63, 3.8) is 0 Å². The normalized spacial score (nSPS) is 20.6. The lowest BCUT2D eigenvalue weighted by Crippen LogP contribution is -2.60. The van der Waals surface area contributed by atoms with Gasteiger partial charge in [-0.15, -0.1) is 11.8 Å². The van der Waals surface area contributed by atoms with E-state index in [-0.39, 0.29) is 29.3 Å². The number of ether oxygens (including phenoxy) is 1. The highest BCUT2D eigenvalue weighted by atomic mass is 32.2. The van der Waals surface area contributed by atoms with Gasteiger partial charge in [0.1, 0.15) is 17.7 Å². The topological polar surface area (TPSA) is 110 Å². The fourth-order valence-corrected chi connectivity index (χ4v) is 5.67. The van der Waals surface area contributed by atoms with Gasteiger partial charge in [0.15, 0.2) is 0 Å². The summed E-state index contributed by atoms with van der Waals surface area (Å²) in [6.07, 6.45) is 1.14. The molecule has 0 unspecified atom stereocenters. The lowest BCUT2D eigenvalue weighted by atomic mass is 9.92. The van der Waals surface area contributed by atoms with Crippen molar-refractivity contribution in [3.05, 3.63) is 75.5 Å². The van der Waals surface area contributed by atoms with E-state index in [2.05, 4.69) is 0 Å². The number of fused-ring (bicyclic) bond motifs is 1. The predicted octanol–water partition coefficient (Wildman–Crippen LogP) is 3.64. The van der Waals surface area contributed by atoms with Gasteiger partial charge in [-0.2, -0.15) is 0 Å². The van der Waals surface area contributed by atoms with Crippen molar-refractivity contribution in [2.75, 3.05) is 6.26 Å². The molecule has 2 aliphatic heterocycles. The number of thioether (sulfide) groups is 2. The molecule has 0 aromatic heterocycles. The minimum atomic E-state index is -0.827. The van der Waals surface area contributed by atoms with Gasteiger partial charge in [-0.25, -0.2) is 4.79 Å². The van der Waals surface area contributed by atoms with Crippen molar-refractivity contribution in [1.82, 2.24) is 4.90 Å². The Morgan fingerprint density at radius 1 is 1.25 bits per heavy atom. The predicted molar refractivity (Wildman–Crippen MR) is 121 cm³/mol. The Bertz CT molecular complexity index is 1100. The average Bonchev–Trinajstić information content (AvgIpc) is 3.12. The maximum atomic E-state index is 13.1. The van der Waals surface area contributed by atoms with E-state index in [0.717, 1.165) is 10.5 Å². The van der Waals surface area contributed by atoms with E-state index in [1.54, 1.807) is 18.7 Å². The third-order valence-corrected chi connectivity index (χ3v) is 7.52. The van der Waals surface area contributed by atoms with Crippen LogP contribution in [0.5, 0.6) is 0 Å². The van der Waals surface area contributed by atoms with Gasteiger partial charge in [-0.1, -0.05) is 23.9 Å². The molecule has 0 aliphatic carbocycles. The number of non-ortho nitro benzene ring substituents is 1. The first kappa shape index (κ1) is 22.4. The molecule has 1 amide bonds. The number of carbonyl (C=O) groups excluding carboxylic acids is 2. The van der Waals surface area contributed by atoms with Crippen LogP contribution in [0, 0.1) is 16.0 Å². The summed E-state index contributed by atoms with van der Waals surface area (Å²) in [5, 5.41) is 20.4. The Labute approximate surface area is 192 Å². The number of amides is 1. The highest BCUT2D eigenvalue weighted by Gasteiger charge is 2.58. The smallest absolute Gasteiger partial charge is 0.356 e. The molecule has 2 aromatic rings. The molecule has 3 atom stereocenters. The lowest BCUT2D eigenvalue weighted by molar-refractivity contribution is -0.384. The van der Waals surface area contributed by atoms with Crippen LogP contribution >= 0.6 is 23.5 Å².